The molecule has 2 amide bonds. The van der Waals surface area contributed by atoms with Gasteiger partial charge in [0.05, 0.1) is 11.4 Å². The van der Waals surface area contributed by atoms with Crippen molar-refractivity contribution in [2.24, 2.45) is 0 Å². The van der Waals surface area contributed by atoms with Gasteiger partial charge >= 0.3 is 0 Å². The Hall–Kier alpha value is -2.71. The number of sulfonamides is 1. The standard InChI is InChI=1S/C24H33N3O4S/c1-5-22(24(29)25-6-2)27(17-16-20-10-8-7-9-11-20)23(28)18-26(4)32(30,31)21-14-12-19(3)13-15-21/h7-15,22H,5-6,16-18H2,1-4H3,(H,25,29)/t22-/m0/s1. The summed E-state index contributed by atoms with van der Waals surface area (Å²) < 4.78 is 26.9. The van der Waals surface area contributed by atoms with Crippen LogP contribution in [-0.4, -0.2) is 62.2 Å². The van der Waals surface area contributed by atoms with Crippen LogP contribution >= 0.6 is 0 Å². The Morgan fingerprint density at radius 1 is 1.00 bits per heavy atom. The van der Waals surface area contributed by atoms with E-state index in [2.05, 4.69) is 5.32 Å². The first kappa shape index (κ1) is 25.5. The third-order valence-corrected chi connectivity index (χ3v) is 7.13. The maximum absolute atomic E-state index is 13.3. The largest absolute Gasteiger partial charge is 0.355 e. The lowest BCUT2D eigenvalue weighted by Gasteiger charge is -2.31. The number of amides is 2. The summed E-state index contributed by atoms with van der Waals surface area (Å²) in [6.07, 6.45) is 0.998. The van der Waals surface area contributed by atoms with E-state index in [1.807, 2.05) is 51.1 Å². The maximum Gasteiger partial charge on any atom is 0.243 e. The molecule has 0 spiro atoms. The molecule has 7 nitrogen and oxygen atoms in total. The summed E-state index contributed by atoms with van der Waals surface area (Å²) in [7, 11) is -2.44. The quantitative estimate of drug-likeness (QED) is 0.560. The number of benzene rings is 2. The van der Waals surface area contributed by atoms with Gasteiger partial charge in [0.1, 0.15) is 6.04 Å². The molecule has 0 radical (unpaired) electrons. The molecule has 0 heterocycles. The molecule has 0 aromatic heterocycles. The normalized spacial score (nSPS) is 12.4. The minimum absolute atomic E-state index is 0.130. The molecule has 0 aliphatic carbocycles. The minimum Gasteiger partial charge on any atom is -0.355 e. The molecule has 32 heavy (non-hydrogen) atoms. The summed E-state index contributed by atoms with van der Waals surface area (Å²) in [4.78, 5) is 27.5. The number of rotatable bonds is 11. The van der Waals surface area contributed by atoms with Crippen molar-refractivity contribution in [2.75, 3.05) is 26.7 Å². The highest BCUT2D eigenvalue weighted by atomic mass is 32.2. The highest BCUT2D eigenvalue weighted by Gasteiger charge is 2.31. The van der Waals surface area contributed by atoms with Gasteiger partial charge in [-0.2, -0.15) is 4.31 Å². The van der Waals surface area contributed by atoms with Crippen molar-refractivity contribution < 1.29 is 18.0 Å². The van der Waals surface area contributed by atoms with Gasteiger partial charge in [0.2, 0.25) is 21.8 Å². The predicted octanol–water partition coefficient (Wildman–Crippen LogP) is 2.60. The van der Waals surface area contributed by atoms with Crippen molar-refractivity contribution >= 4 is 21.8 Å². The molecule has 0 fully saturated rings. The molecule has 8 heteroatoms. The van der Waals surface area contributed by atoms with E-state index in [4.69, 9.17) is 0 Å². The first-order valence-electron chi connectivity index (χ1n) is 10.8. The van der Waals surface area contributed by atoms with Gasteiger partial charge in [0, 0.05) is 20.1 Å². The predicted molar refractivity (Wildman–Crippen MR) is 126 cm³/mol. The van der Waals surface area contributed by atoms with Gasteiger partial charge in [-0.3, -0.25) is 9.59 Å². The molecular formula is C24H33N3O4S. The van der Waals surface area contributed by atoms with E-state index in [1.165, 1.54) is 24.1 Å². The number of likely N-dealkylation sites (N-methyl/N-ethyl adjacent to an activating group) is 2. The monoisotopic (exact) mass is 459 g/mol. The Balaban J connectivity index is 2.23. The molecule has 0 aliphatic rings. The maximum atomic E-state index is 13.3. The molecule has 2 rings (SSSR count). The highest BCUT2D eigenvalue weighted by molar-refractivity contribution is 7.89. The van der Waals surface area contributed by atoms with E-state index >= 15 is 0 Å². The molecule has 0 bridgehead atoms. The summed E-state index contributed by atoms with van der Waals surface area (Å²) in [6, 6.07) is 15.5. The van der Waals surface area contributed by atoms with Crippen LogP contribution in [-0.2, 0) is 26.0 Å². The van der Waals surface area contributed by atoms with Crippen LogP contribution < -0.4 is 5.32 Å². The fraction of sp³-hybridized carbons (Fsp3) is 0.417. The van der Waals surface area contributed by atoms with Crippen LogP contribution in [0.4, 0.5) is 0 Å². The fourth-order valence-electron chi connectivity index (χ4n) is 3.44. The van der Waals surface area contributed by atoms with Gasteiger partial charge < -0.3 is 10.2 Å². The topological polar surface area (TPSA) is 86.8 Å². The molecule has 1 atom stereocenters. The average molecular weight is 460 g/mol. The Morgan fingerprint density at radius 3 is 2.19 bits per heavy atom. The summed E-state index contributed by atoms with van der Waals surface area (Å²) in [5, 5.41) is 2.78. The molecule has 0 saturated carbocycles. The van der Waals surface area contributed by atoms with Crippen LogP contribution in [0.5, 0.6) is 0 Å². The fourth-order valence-corrected chi connectivity index (χ4v) is 4.56. The van der Waals surface area contributed by atoms with E-state index in [-0.39, 0.29) is 17.3 Å². The van der Waals surface area contributed by atoms with E-state index < -0.39 is 22.0 Å². The second-order valence-electron chi connectivity index (χ2n) is 7.72. The van der Waals surface area contributed by atoms with Gasteiger partial charge in [0.15, 0.2) is 0 Å². The molecule has 1 N–H and O–H groups in total. The number of carbonyl (C=O) groups is 2. The van der Waals surface area contributed by atoms with Crippen molar-refractivity contribution in [3.8, 4) is 0 Å². The second-order valence-corrected chi connectivity index (χ2v) is 9.76. The lowest BCUT2D eigenvalue weighted by atomic mass is 10.1. The number of hydrogen-bond acceptors (Lipinski definition) is 4. The van der Waals surface area contributed by atoms with E-state index in [0.29, 0.717) is 25.9 Å². The van der Waals surface area contributed by atoms with Crippen LogP contribution in [0, 0.1) is 6.92 Å². The lowest BCUT2D eigenvalue weighted by molar-refractivity contribution is -0.140. The van der Waals surface area contributed by atoms with Crippen molar-refractivity contribution in [1.82, 2.24) is 14.5 Å². The molecule has 2 aromatic rings. The van der Waals surface area contributed by atoms with Crippen LogP contribution in [0.3, 0.4) is 0 Å². The van der Waals surface area contributed by atoms with Crippen LogP contribution in [0.2, 0.25) is 0 Å². The number of carbonyl (C=O) groups excluding carboxylic acids is 2. The summed E-state index contributed by atoms with van der Waals surface area (Å²) in [5.74, 6) is -0.641. The first-order chi connectivity index (χ1) is 15.2. The molecular weight excluding hydrogens is 426 g/mol. The zero-order valence-corrected chi connectivity index (χ0v) is 20.1. The Labute approximate surface area is 191 Å². The highest BCUT2D eigenvalue weighted by Crippen LogP contribution is 2.16. The number of aryl methyl sites for hydroxylation is 1. The van der Waals surface area contributed by atoms with Crippen molar-refractivity contribution in [2.45, 2.75) is 44.6 Å². The van der Waals surface area contributed by atoms with Crippen molar-refractivity contribution in [3.05, 3.63) is 65.7 Å². The summed E-state index contributed by atoms with van der Waals surface area (Å²) in [6.45, 7) is 5.97. The van der Waals surface area contributed by atoms with Gasteiger partial charge in [-0.25, -0.2) is 8.42 Å². The Bertz CT molecular complexity index is 992. The Kier molecular flexibility index (Phi) is 9.41. The summed E-state index contributed by atoms with van der Waals surface area (Å²) >= 11 is 0. The van der Waals surface area contributed by atoms with E-state index in [1.54, 1.807) is 12.1 Å². The van der Waals surface area contributed by atoms with E-state index in [9.17, 15) is 18.0 Å². The molecule has 0 saturated heterocycles. The first-order valence-corrected chi connectivity index (χ1v) is 12.3. The van der Waals surface area contributed by atoms with Crippen molar-refractivity contribution in [1.29, 1.82) is 0 Å². The van der Waals surface area contributed by atoms with Crippen LogP contribution in [0.15, 0.2) is 59.5 Å². The molecule has 0 aliphatic heterocycles. The number of nitrogens with one attached hydrogen (secondary N) is 1. The summed E-state index contributed by atoms with van der Waals surface area (Å²) in [5.41, 5.74) is 1.99. The zero-order chi connectivity index (χ0) is 23.7. The van der Waals surface area contributed by atoms with Crippen LogP contribution in [0.1, 0.15) is 31.4 Å². The SMILES string of the molecule is CCNC(=O)[C@H](CC)N(CCc1ccccc1)C(=O)CN(C)S(=O)(=O)c1ccc(C)cc1. The zero-order valence-electron chi connectivity index (χ0n) is 19.2. The third-order valence-electron chi connectivity index (χ3n) is 5.31. The molecule has 174 valence electrons. The second kappa shape index (κ2) is 11.8. The van der Waals surface area contributed by atoms with Gasteiger partial charge in [0.25, 0.3) is 0 Å². The minimum atomic E-state index is -3.83. The number of hydrogen-bond donors (Lipinski definition) is 1. The van der Waals surface area contributed by atoms with Gasteiger partial charge in [-0.1, -0.05) is 55.0 Å². The van der Waals surface area contributed by atoms with Gasteiger partial charge in [-0.15, -0.1) is 0 Å². The van der Waals surface area contributed by atoms with E-state index in [0.717, 1.165) is 15.4 Å². The van der Waals surface area contributed by atoms with Crippen molar-refractivity contribution in [3.63, 3.8) is 0 Å². The van der Waals surface area contributed by atoms with Gasteiger partial charge in [-0.05, 0) is 44.4 Å². The van der Waals surface area contributed by atoms with Crippen LogP contribution in [0.25, 0.3) is 0 Å². The smallest absolute Gasteiger partial charge is 0.243 e. The molecule has 0 unspecified atom stereocenters. The Morgan fingerprint density at radius 2 is 1.62 bits per heavy atom. The molecule has 2 aromatic carbocycles. The number of nitrogens with zero attached hydrogens (tertiary/aromatic N) is 2. The lowest BCUT2D eigenvalue weighted by Crippen LogP contribution is -2.52. The third kappa shape index (κ3) is 6.64. The average Bonchev–Trinajstić information content (AvgIpc) is 2.77.